The number of hydrogen-bond acceptors (Lipinski definition) is 4. The van der Waals surface area contributed by atoms with Gasteiger partial charge < -0.3 is 10.1 Å². The molecule has 6 nitrogen and oxygen atoms in total. The number of alkyl halides is 5. The fourth-order valence-corrected chi connectivity index (χ4v) is 1.77. The van der Waals surface area contributed by atoms with Crippen LogP contribution in [0.1, 0.15) is 22.1 Å². The lowest BCUT2D eigenvalue weighted by atomic mass is 10.0. The molecule has 1 heterocycles. The van der Waals surface area contributed by atoms with Gasteiger partial charge in [-0.1, -0.05) is 18.2 Å². The summed E-state index contributed by atoms with van der Waals surface area (Å²) in [5, 5.41) is 10.4. The first kappa shape index (κ1) is 16.6. The Kier molecular flexibility index (Phi) is 4.77. The Morgan fingerprint density at radius 3 is 2.52 bits per heavy atom. The quantitative estimate of drug-likeness (QED) is 0.822. The molecule has 0 spiro atoms. The lowest BCUT2D eigenvalue weighted by molar-refractivity contribution is -0.156. The Labute approximate surface area is 125 Å². The number of rotatable bonds is 5. The van der Waals surface area contributed by atoms with Crippen molar-refractivity contribution in [1.82, 2.24) is 20.7 Å². The van der Waals surface area contributed by atoms with Crippen molar-refractivity contribution in [3.05, 3.63) is 41.7 Å². The molecule has 1 unspecified atom stereocenters. The number of aromatic nitrogens is 3. The fourth-order valence-electron chi connectivity index (χ4n) is 1.77. The zero-order valence-corrected chi connectivity index (χ0v) is 11.1. The summed E-state index contributed by atoms with van der Waals surface area (Å²) in [5.41, 5.74) is -1.04. The van der Waals surface area contributed by atoms with E-state index in [2.05, 4.69) is 14.9 Å². The summed E-state index contributed by atoms with van der Waals surface area (Å²) >= 11 is 0. The Balaban J connectivity index is 2.35. The van der Waals surface area contributed by atoms with E-state index in [1.165, 1.54) is 12.1 Å². The number of nitrogens with zero attached hydrogens (tertiary/aromatic N) is 2. The van der Waals surface area contributed by atoms with E-state index in [9.17, 15) is 26.7 Å². The number of H-pyrrole nitrogens is 1. The van der Waals surface area contributed by atoms with Crippen molar-refractivity contribution in [2.75, 3.05) is 0 Å². The number of carbonyl (C=O) groups is 1. The van der Waals surface area contributed by atoms with Gasteiger partial charge >= 0.3 is 12.8 Å². The van der Waals surface area contributed by atoms with E-state index in [0.29, 0.717) is 0 Å². The average molecular weight is 336 g/mol. The molecule has 23 heavy (non-hydrogen) atoms. The van der Waals surface area contributed by atoms with Crippen molar-refractivity contribution < 1.29 is 31.5 Å². The van der Waals surface area contributed by atoms with Crippen LogP contribution in [0, 0.1) is 0 Å². The standard InChI is InChI=1S/C12H9F5N4O2/c13-11(14)23-8-4-2-1-3-6(8)9(12(15,16)17)19-10(22)7-5-18-21-20-7/h1-5,9,11H,(H,19,22)(H,18,20,21). The van der Waals surface area contributed by atoms with Crippen LogP contribution in [0.15, 0.2) is 30.5 Å². The molecule has 0 fully saturated rings. The highest BCUT2D eigenvalue weighted by atomic mass is 19.4. The molecule has 1 atom stereocenters. The second-order valence-corrected chi connectivity index (χ2v) is 4.22. The number of ether oxygens (including phenoxy) is 1. The van der Waals surface area contributed by atoms with Crippen molar-refractivity contribution in [3.63, 3.8) is 0 Å². The van der Waals surface area contributed by atoms with Crippen LogP contribution in [0.4, 0.5) is 22.0 Å². The van der Waals surface area contributed by atoms with E-state index in [1.807, 2.05) is 5.21 Å². The SMILES string of the molecule is O=C(NC(c1ccccc1OC(F)F)C(F)(F)F)c1cn[nH]n1. The third-order valence-corrected chi connectivity index (χ3v) is 2.70. The van der Waals surface area contributed by atoms with Crippen molar-refractivity contribution in [2.24, 2.45) is 0 Å². The van der Waals surface area contributed by atoms with Crippen LogP contribution in [0.2, 0.25) is 0 Å². The third kappa shape index (κ3) is 4.14. The molecular formula is C12H9F5N4O2. The molecule has 1 aromatic carbocycles. The maximum absolute atomic E-state index is 13.2. The van der Waals surface area contributed by atoms with Gasteiger partial charge in [-0.3, -0.25) is 4.79 Å². The van der Waals surface area contributed by atoms with Crippen LogP contribution in [0.3, 0.4) is 0 Å². The molecule has 0 saturated heterocycles. The number of para-hydroxylation sites is 1. The van der Waals surface area contributed by atoms with Gasteiger partial charge in [0.25, 0.3) is 5.91 Å². The van der Waals surface area contributed by atoms with Gasteiger partial charge in [0.1, 0.15) is 5.75 Å². The fraction of sp³-hybridized carbons (Fsp3) is 0.250. The van der Waals surface area contributed by atoms with Crippen molar-refractivity contribution >= 4 is 5.91 Å². The summed E-state index contributed by atoms with van der Waals surface area (Å²) in [4.78, 5) is 11.7. The molecule has 0 aliphatic heterocycles. The Hall–Kier alpha value is -2.72. The molecule has 0 aliphatic rings. The molecule has 2 rings (SSSR count). The average Bonchev–Trinajstić information content (AvgIpc) is 2.98. The van der Waals surface area contributed by atoms with Crippen LogP contribution in [0.5, 0.6) is 5.75 Å². The van der Waals surface area contributed by atoms with E-state index in [1.54, 1.807) is 5.32 Å². The van der Waals surface area contributed by atoms with Gasteiger partial charge in [0.2, 0.25) is 0 Å². The van der Waals surface area contributed by atoms with Crippen LogP contribution in [-0.2, 0) is 0 Å². The number of hydrogen-bond donors (Lipinski definition) is 2. The van der Waals surface area contributed by atoms with Gasteiger partial charge in [0.05, 0.1) is 6.20 Å². The van der Waals surface area contributed by atoms with Crippen molar-refractivity contribution in [3.8, 4) is 5.75 Å². The van der Waals surface area contributed by atoms with Crippen molar-refractivity contribution in [1.29, 1.82) is 0 Å². The minimum absolute atomic E-state index is 0.383. The van der Waals surface area contributed by atoms with Crippen LogP contribution < -0.4 is 10.1 Å². The van der Waals surface area contributed by atoms with Crippen LogP contribution in [0.25, 0.3) is 0 Å². The Bertz CT molecular complexity index is 660. The second-order valence-electron chi connectivity index (χ2n) is 4.22. The van der Waals surface area contributed by atoms with E-state index < -0.39 is 36.0 Å². The molecule has 1 aromatic heterocycles. The largest absolute Gasteiger partial charge is 0.434 e. The van der Waals surface area contributed by atoms with Gasteiger partial charge in [0.15, 0.2) is 11.7 Å². The lowest BCUT2D eigenvalue weighted by Gasteiger charge is -2.23. The molecule has 0 radical (unpaired) electrons. The zero-order valence-electron chi connectivity index (χ0n) is 11.1. The maximum atomic E-state index is 13.2. The number of aromatic amines is 1. The normalized spacial score (nSPS) is 13.0. The molecule has 124 valence electrons. The van der Waals surface area contributed by atoms with Gasteiger partial charge in [-0.15, -0.1) is 0 Å². The summed E-state index contributed by atoms with van der Waals surface area (Å²) in [5.74, 6) is -1.86. The topological polar surface area (TPSA) is 79.9 Å². The highest BCUT2D eigenvalue weighted by Crippen LogP contribution is 2.37. The summed E-state index contributed by atoms with van der Waals surface area (Å²) in [7, 11) is 0. The molecule has 2 N–H and O–H groups in total. The van der Waals surface area contributed by atoms with Gasteiger partial charge in [-0.2, -0.15) is 37.4 Å². The Morgan fingerprint density at radius 2 is 1.96 bits per heavy atom. The molecule has 2 aromatic rings. The van der Waals surface area contributed by atoms with E-state index in [4.69, 9.17) is 0 Å². The van der Waals surface area contributed by atoms with Gasteiger partial charge in [0, 0.05) is 5.56 Å². The smallest absolute Gasteiger partial charge is 0.413 e. The first-order chi connectivity index (χ1) is 10.8. The summed E-state index contributed by atoms with van der Waals surface area (Å²) < 4.78 is 68.4. The highest BCUT2D eigenvalue weighted by Gasteiger charge is 2.44. The molecule has 11 heteroatoms. The molecular weight excluding hydrogens is 327 g/mol. The van der Waals surface area contributed by atoms with Gasteiger partial charge in [-0.05, 0) is 6.07 Å². The van der Waals surface area contributed by atoms with Crippen LogP contribution >= 0.6 is 0 Å². The summed E-state index contributed by atoms with van der Waals surface area (Å²) in [6.07, 6.45) is -4.02. The monoisotopic (exact) mass is 336 g/mol. The number of halogens is 5. The first-order valence-corrected chi connectivity index (χ1v) is 6.06. The van der Waals surface area contributed by atoms with E-state index in [0.717, 1.165) is 18.3 Å². The second kappa shape index (κ2) is 6.58. The summed E-state index contributed by atoms with van der Waals surface area (Å²) in [6.45, 7) is -3.31. The number of carbonyl (C=O) groups excluding carboxylic acids is 1. The van der Waals surface area contributed by atoms with Crippen LogP contribution in [-0.4, -0.2) is 34.1 Å². The highest BCUT2D eigenvalue weighted by molar-refractivity contribution is 5.92. The number of benzene rings is 1. The summed E-state index contributed by atoms with van der Waals surface area (Å²) in [6, 6.07) is 1.76. The molecule has 0 bridgehead atoms. The minimum atomic E-state index is -4.94. The maximum Gasteiger partial charge on any atom is 0.413 e. The third-order valence-electron chi connectivity index (χ3n) is 2.70. The Morgan fingerprint density at radius 1 is 1.26 bits per heavy atom. The first-order valence-electron chi connectivity index (χ1n) is 6.06. The number of amides is 1. The minimum Gasteiger partial charge on any atom is -0.434 e. The number of nitrogens with one attached hydrogen (secondary N) is 2. The molecule has 1 amide bonds. The van der Waals surface area contributed by atoms with Crippen molar-refractivity contribution in [2.45, 2.75) is 18.8 Å². The predicted octanol–water partition coefficient (Wildman–Crippen LogP) is 2.44. The zero-order chi connectivity index (χ0) is 17.0. The van der Waals surface area contributed by atoms with Gasteiger partial charge in [-0.25, -0.2) is 0 Å². The molecule has 0 aliphatic carbocycles. The molecule has 0 saturated carbocycles. The predicted molar refractivity (Wildman–Crippen MR) is 65.7 cm³/mol. The van der Waals surface area contributed by atoms with E-state index >= 15 is 0 Å². The lowest BCUT2D eigenvalue weighted by Crippen LogP contribution is -2.38. The van der Waals surface area contributed by atoms with E-state index in [-0.39, 0.29) is 5.69 Å².